The van der Waals surface area contributed by atoms with E-state index >= 15 is 0 Å². The Bertz CT molecular complexity index is 169. The molecule has 2 atom stereocenters. The van der Waals surface area contributed by atoms with Gasteiger partial charge in [0.25, 0.3) is 0 Å². The van der Waals surface area contributed by atoms with Crippen LogP contribution >= 0.6 is 0 Å². The lowest BCUT2D eigenvalue weighted by Crippen LogP contribution is -2.25. The second-order valence-corrected chi connectivity index (χ2v) is 4.56. The Labute approximate surface area is 94.4 Å². The zero-order chi connectivity index (χ0) is 11.8. The van der Waals surface area contributed by atoms with E-state index < -0.39 is 0 Å². The lowest BCUT2D eigenvalue weighted by Gasteiger charge is -2.24. The monoisotopic (exact) mass is 214 g/mol. The van der Waals surface area contributed by atoms with Crippen molar-refractivity contribution in [1.29, 1.82) is 0 Å². The van der Waals surface area contributed by atoms with Gasteiger partial charge in [0, 0.05) is 12.5 Å². The summed E-state index contributed by atoms with van der Waals surface area (Å²) >= 11 is 0. The first-order valence-corrected chi connectivity index (χ1v) is 6.14. The van der Waals surface area contributed by atoms with Crippen LogP contribution in [-0.2, 0) is 9.53 Å². The Balaban J connectivity index is 4.25. The predicted molar refractivity (Wildman–Crippen MR) is 63.9 cm³/mol. The fourth-order valence-electron chi connectivity index (χ4n) is 2.02. The van der Waals surface area contributed by atoms with Crippen molar-refractivity contribution in [2.45, 2.75) is 60.0 Å². The molecule has 0 N–H and O–H groups in total. The molecule has 0 fully saturated rings. The van der Waals surface area contributed by atoms with Crippen molar-refractivity contribution in [3.63, 3.8) is 0 Å². The summed E-state index contributed by atoms with van der Waals surface area (Å²) in [6.45, 7) is 10.8. The molecule has 0 heterocycles. The summed E-state index contributed by atoms with van der Waals surface area (Å²) in [6.07, 6.45) is 3.32. The van der Waals surface area contributed by atoms with Crippen molar-refractivity contribution in [1.82, 2.24) is 0 Å². The van der Waals surface area contributed by atoms with Gasteiger partial charge in [-0.05, 0) is 32.6 Å². The van der Waals surface area contributed by atoms with Gasteiger partial charge in [-0.25, -0.2) is 0 Å². The maximum absolute atomic E-state index is 11.5. The van der Waals surface area contributed by atoms with Gasteiger partial charge in [0.1, 0.15) is 5.78 Å². The van der Waals surface area contributed by atoms with Crippen LogP contribution in [0.15, 0.2) is 0 Å². The number of ether oxygens (including phenoxy) is 1. The molecule has 0 aromatic heterocycles. The number of carbonyl (C=O) groups excluding carboxylic acids is 1. The quantitative estimate of drug-likeness (QED) is 0.618. The van der Waals surface area contributed by atoms with Crippen molar-refractivity contribution in [2.75, 3.05) is 6.61 Å². The van der Waals surface area contributed by atoms with E-state index in [1.165, 1.54) is 0 Å². The molecule has 0 bridgehead atoms. The van der Waals surface area contributed by atoms with E-state index in [1.807, 2.05) is 6.92 Å². The molecular formula is C13H26O2. The van der Waals surface area contributed by atoms with Crippen molar-refractivity contribution in [3.8, 4) is 0 Å². The first-order valence-electron chi connectivity index (χ1n) is 6.14. The van der Waals surface area contributed by atoms with E-state index in [1.54, 1.807) is 6.92 Å². The molecule has 0 aliphatic rings. The van der Waals surface area contributed by atoms with E-state index in [2.05, 4.69) is 20.8 Å². The van der Waals surface area contributed by atoms with Crippen LogP contribution in [0.4, 0.5) is 0 Å². The lowest BCUT2D eigenvalue weighted by atomic mass is 9.86. The van der Waals surface area contributed by atoms with Crippen LogP contribution in [-0.4, -0.2) is 18.5 Å². The van der Waals surface area contributed by atoms with E-state index in [4.69, 9.17) is 4.74 Å². The molecule has 0 aliphatic heterocycles. The standard InChI is InChI=1S/C13H26O2/c1-6-8-12(15-7-2)9-13(10(3)4)11(5)14/h10,12-13H,6-9H2,1-5H3/t12?,13-/m1/s1. The van der Waals surface area contributed by atoms with Crippen molar-refractivity contribution >= 4 is 5.78 Å². The zero-order valence-electron chi connectivity index (χ0n) is 10.9. The average molecular weight is 214 g/mol. The highest BCUT2D eigenvalue weighted by molar-refractivity contribution is 5.78. The predicted octanol–water partition coefficient (Wildman–Crippen LogP) is 3.44. The molecule has 0 saturated heterocycles. The molecule has 0 radical (unpaired) electrons. The van der Waals surface area contributed by atoms with E-state index in [-0.39, 0.29) is 12.0 Å². The molecule has 0 aliphatic carbocycles. The van der Waals surface area contributed by atoms with Gasteiger partial charge in [0.2, 0.25) is 0 Å². The van der Waals surface area contributed by atoms with Gasteiger partial charge in [-0.15, -0.1) is 0 Å². The van der Waals surface area contributed by atoms with Gasteiger partial charge >= 0.3 is 0 Å². The molecule has 0 saturated carbocycles. The van der Waals surface area contributed by atoms with Crippen molar-refractivity contribution in [3.05, 3.63) is 0 Å². The maximum Gasteiger partial charge on any atom is 0.133 e. The second-order valence-electron chi connectivity index (χ2n) is 4.56. The third kappa shape index (κ3) is 5.93. The fraction of sp³-hybridized carbons (Fsp3) is 0.923. The van der Waals surface area contributed by atoms with E-state index in [9.17, 15) is 4.79 Å². The van der Waals surface area contributed by atoms with Gasteiger partial charge < -0.3 is 4.74 Å². The summed E-state index contributed by atoms with van der Waals surface area (Å²) < 4.78 is 5.66. The van der Waals surface area contributed by atoms with Gasteiger partial charge in [-0.2, -0.15) is 0 Å². The Morgan fingerprint density at radius 2 is 1.87 bits per heavy atom. The normalized spacial score (nSPS) is 15.3. The SMILES string of the molecule is CCCC(C[C@@H](C(C)=O)C(C)C)OCC. The summed E-state index contributed by atoms with van der Waals surface area (Å²) in [5.74, 6) is 0.876. The van der Waals surface area contributed by atoms with Crippen LogP contribution in [0, 0.1) is 11.8 Å². The summed E-state index contributed by atoms with van der Waals surface area (Å²) in [5.41, 5.74) is 0. The molecular weight excluding hydrogens is 188 g/mol. The first kappa shape index (κ1) is 14.6. The second kappa shape index (κ2) is 7.86. The van der Waals surface area contributed by atoms with E-state index in [0.717, 1.165) is 25.9 Å². The molecule has 15 heavy (non-hydrogen) atoms. The minimum Gasteiger partial charge on any atom is -0.378 e. The largest absolute Gasteiger partial charge is 0.378 e. The van der Waals surface area contributed by atoms with Crippen LogP contribution in [0.1, 0.15) is 53.9 Å². The Morgan fingerprint density at radius 3 is 2.20 bits per heavy atom. The van der Waals surface area contributed by atoms with Crippen LogP contribution in [0.5, 0.6) is 0 Å². The number of hydrogen-bond acceptors (Lipinski definition) is 2. The molecule has 2 heteroatoms. The highest BCUT2D eigenvalue weighted by Crippen LogP contribution is 2.22. The number of hydrogen-bond donors (Lipinski definition) is 0. The third-order valence-electron chi connectivity index (χ3n) is 2.86. The number of Topliss-reactive ketones (excluding diaryl/α,β-unsaturated/α-hetero) is 1. The molecule has 90 valence electrons. The van der Waals surface area contributed by atoms with Gasteiger partial charge in [0.15, 0.2) is 0 Å². The summed E-state index contributed by atoms with van der Waals surface area (Å²) in [6, 6.07) is 0. The molecule has 0 aromatic rings. The topological polar surface area (TPSA) is 26.3 Å². The van der Waals surface area contributed by atoms with Gasteiger partial charge in [-0.3, -0.25) is 4.79 Å². The smallest absolute Gasteiger partial charge is 0.133 e. The van der Waals surface area contributed by atoms with Crippen LogP contribution in [0.2, 0.25) is 0 Å². The fourth-order valence-corrected chi connectivity index (χ4v) is 2.02. The first-order chi connectivity index (χ1) is 7.02. The molecule has 0 rings (SSSR count). The average Bonchev–Trinajstić information content (AvgIpc) is 2.13. The maximum atomic E-state index is 11.5. The summed E-state index contributed by atoms with van der Waals surface area (Å²) in [4.78, 5) is 11.5. The molecule has 0 spiro atoms. The van der Waals surface area contributed by atoms with Crippen molar-refractivity contribution in [2.24, 2.45) is 11.8 Å². The van der Waals surface area contributed by atoms with Gasteiger partial charge in [0.05, 0.1) is 6.10 Å². The summed E-state index contributed by atoms with van der Waals surface area (Å²) in [7, 11) is 0. The van der Waals surface area contributed by atoms with Crippen LogP contribution in [0.3, 0.4) is 0 Å². The Hall–Kier alpha value is -0.370. The molecule has 0 amide bonds. The van der Waals surface area contributed by atoms with Crippen LogP contribution in [0.25, 0.3) is 0 Å². The lowest BCUT2D eigenvalue weighted by molar-refractivity contribution is -0.123. The number of carbonyl (C=O) groups is 1. The highest BCUT2D eigenvalue weighted by atomic mass is 16.5. The Kier molecular flexibility index (Phi) is 7.67. The van der Waals surface area contributed by atoms with E-state index in [0.29, 0.717) is 11.7 Å². The summed E-state index contributed by atoms with van der Waals surface area (Å²) in [5, 5.41) is 0. The van der Waals surface area contributed by atoms with Gasteiger partial charge in [-0.1, -0.05) is 27.2 Å². The minimum atomic E-state index is 0.160. The number of rotatable bonds is 8. The zero-order valence-corrected chi connectivity index (χ0v) is 10.9. The third-order valence-corrected chi connectivity index (χ3v) is 2.86. The van der Waals surface area contributed by atoms with Crippen molar-refractivity contribution < 1.29 is 9.53 Å². The molecule has 2 nitrogen and oxygen atoms in total. The van der Waals surface area contributed by atoms with Crippen LogP contribution < -0.4 is 0 Å². The Morgan fingerprint density at radius 1 is 1.27 bits per heavy atom. The molecule has 0 aromatic carbocycles. The highest BCUT2D eigenvalue weighted by Gasteiger charge is 2.22. The minimum absolute atomic E-state index is 0.160. The number of ketones is 1. The molecule has 1 unspecified atom stereocenters.